The number of nitrogen functional groups attached to an aromatic ring is 1. The SMILES string of the molecule is Cc1cc(Br)c(NC(=O)c2sccc2N)cc1Cl. The second-order valence-corrected chi connectivity index (χ2v) is 5.92. The first-order valence-corrected chi connectivity index (χ1v) is 7.14. The van der Waals surface area contributed by atoms with Gasteiger partial charge in [0.1, 0.15) is 4.88 Å². The minimum atomic E-state index is -0.233. The van der Waals surface area contributed by atoms with Gasteiger partial charge in [-0.2, -0.15) is 0 Å². The lowest BCUT2D eigenvalue weighted by molar-refractivity contribution is 0.103. The second kappa shape index (κ2) is 5.30. The molecule has 0 bridgehead atoms. The van der Waals surface area contributed by atoms with E-state index in [9.17, 15) is 4.79 Å². The molecule has 2 rings (SSSR count). The Bertz CT molecular complexity index is 612. The number of benzene rings is 1. The molecule has 0 aliphatic heterocycles. The molecule has 2 aromatic rings. The van der Waals surface area contributed by atoms with Crippen LogP contribution in [0.1, 0.15) is 15.2 Å². The van der Waals surface area contributed by atoms with Crippen molar-refractivity contribution in [3.8, 4) is 0 Å². The molecule has 3 nitrogen and oxygen atoms in total. The number of hydrogen-bond acceptors (Lipinski definition) is 3. The molecule has 0 saturated carbocycles. The van der Waals surface area contributed by atoms with Crippen molar-refractivity contribution in [3.63, 3.8) is 0 Å². The van der Waals surface area contributed by atoms with Gasteiger partial charge in [0, 0.05) is 9.50 Å². The van der Waals surface area contributed by atoms with Gasteiger partial charge < -0.3 is 11.1 Å². The molecule has 94 valence electrons. The van der Waals surface area contributed by atoms with Gasteiger partial charge in [0.25, 0.3) is 5.91 Å². The van der Waals surface area contributed by atoms with Crippen molar-refractivity contribution >= 4 is 56.1 Å². The molecule has 0 fully saturated rings. The Morgan fingerprint density at radius 2 is 2.22 bits per heavy atom. The quantitative estimate of drug-likeness (QED) is 0.852. The van der Waals surface area contributed by atoms with E-state index in [0.29, 0.717) is 21.3 Å². The Morgan fingerprint density at radius 3 is 2.83 bits per heavy atom. The molecule has 1 amide bonds. The van der Waals surface area contributed by atoms with Crippen molar-refractivity contribution < 1.29 is 4.79 Å². The maximum Gasteiger partial charge on any atom is 0.267 e. The van der Waals surface area contributed by atoms with E-state index in [1.807, 2.05) is 13.0 Å². The van der Waals surface area contributed by atoms with E-state index >= 15 is 0 Å². The van der Waals surface area contributed by atoms with Crippen LogP contribution in [0.25, 0.3) is 0 Å². The third-order valence-corrected chi connectivity index (χ3v) is 4.39. The molecule has 6 heteroatoms. The third kappa shape index (κ3) is 2.68. The summed E-state index contributed by atoms with van der Waals surface area (Å²) in [6.07, 6.45) is 0. The summed E-state index contributed by atoms with van der Waals surface area (Å²) in [6.45, 7) is 1.90. The van der Waals surface area contributed by atoms with E-state index in [1.165, 1.54) is 11.3 Å². The number of thiophene rings is 1. The lowest BCUT2D eigenvalue weighted by atomic mass is 10.2. The van der Waals surface area contributed by atoms with Crippen molar-refractivity contribution in [2.75, 3.05) is 11.1 Å². The predicted molar refractivity (Wildman–Crippen MR) is 80.6 cm³/mol. The fourth-order valence-electron chi connectivity index (χ4n) is 1.42. The van der Waals surface area contributed by atoms with Crippen LogP contribution in [0.5, 0.6) is 0 Å². The van der Waals surface area contributed by atoms with Crippen LogP contribution in [-0.2, 0) is 0 Å². The van der Waals surface area contributed by atoms with Crippen LogP contribution in [0, 0.1) is 6.92 Å². The molecular formula is C12H10BrClN2OS. The second-order valence-electron chi connectivity index (χ2n) is 3.74. The first-order valence-electron chi connectivity index (χ1n) is 5.09. The van der Waals surface area contributed by atoms with E-state index in [1.54, 1.807) is 17.5 Å². The highest BCUT2D eigenvalue weighted by molar-refractivity contribution is 9.10. The number of nitrogens with two attached hydrogens (primary N) is 1. The van der Waals surface area contributed by atoms with Crippen molar-refractivity contribution in [2.24, 2.45) is 0 Å². The monoisotopic (exact) mass is 344 g/mol. The molecule has 0 unspecified atom stereocenters. The molecule has 1 aromatic heterocycles. The zero-order chi connectivity index (χ0) is 13.3. The highest BCUT2D eigenvalue weighted by Crippen LogP contribution is 2.30. The molecule has 1 heterocycles. The van der Waals surface area contributed by atoms with Crippen LogP contribution < -0.4 is 11.1 Å². The summed E-state index contributed by atoms with van der Waals surface area (Å²) in [6, 6.07) is 5.27. The summed E-state index contributed by atoms with van der Waals surface area (Å²) in [7, 11) is 0. The van der Waals surface area contributed by atoms with Crippen LogP contribution in [0.4, 0.5) is 11.4 Å². The van der Waals surface area contributed by atoms with Crippen LogP contribution in [0.15, 0.2) is 28.1 Å². The van der Waals surface area contributed by atoms with Gasteiger partial charge in [-0.05, 0) is 52.0 Å². The summed E-state index contributed by atoms with van der Waals surface area (Å²) < 4.78 is 0.785. The minimum absolute atomic E-state index is 0.233. The maximum atomic E-state index is 12.0. The van der Waals surface area contributed by atoms with Crippen molar-refractivity contribution in [3.05, 3.63) is 43.5 Å². The molecule has 18 heavy (non-hydrogen) atoms. The number of rotatable bonds is 2. The average Bonchev–Trinajstić information content (AvgIpc) is 2.72. The topological polar surface area (TPSA) is 55.1 Å². The number of anilines is 2. The number of halogens is 2. The van der Waals surface area contributed by atoms with Gasteiger partial charge >= 0.3 is 0 Å². The summed E-state index contributed by atoms with van der Waals surface area (Å²) in [5.74, 6) is -0.233. The zero-order valence-corrected chi connectivity index (χ0v) is 12.6. The van der Waals surface area contributed by atoms with E-state index in [-0.39, 0.29) is 5.91 Å². The standard InChI is InChI=1S/C12H10BrClN2OS/c1-6-4-7(13)10(5-8(6)14)16-12(17)11-9(15)2-3-18-11/h2-5H,15H2,1H3,(H,16,17). The zero-order valence-electron chi connectivity index (χ0n) is 9.46. The van der Waals surface area contributed by atoms with Crippen LogP contribution >= 0.6 is 38.9 Å². The van der Waals surface area contributed by atoms with E-state index in [0.717, 1.165) is 10.0 Å². The van der Waals surface area contributed by atoms with Crippen LogP contribution in [0.3, 0.4) is 0 Å². The average molecular weight is 346 g/mol. The summed E-state index contributed by atoms with van der Waals surface area (Å²) >= 11 is 10.7. The smallest absolute Gasteiger partial charge is 0.267 e. The molecule has 0 radical (unpaired) electrons. The summed E-state index contributed by atoms with van der Waals surface area (Å²) in [5.41, 5.74) is 7.75. The van der Waals surface area contributed by atoms with Crippen molar-refractivity contribution in [1.29, 1.82) is 0 Å². The highest BCUT2D eigenvalue weighted by Gasteiger charge is 2.13. The van der Waals surface area contributed by atoms with Gasteiger partial charge in [0.15, 0.2) is 0 Å². The van der Waals surface area contributed by atoms with E-state index < -0.39 is 0 Å². The molecule has 0 saturated heterocycles. The largest absolute Gasteiger partial charge is 0.397 e. The molecule has 1 aromatic carbocycles. The lowest BCUT2D eigenvalue weighted by Gasteiger charge is -2.09. The predicted octanol–water partition coefficient (Wildman–Crippen LogP) is 4.31. The van der Waals surface area contributed by atoms with Crippen molar-refractivity contribution in [2.45, 2.75) is 6.92 Å². The molecule has 0 spiro atoms. The lowest BCUT2D eigenvalue weighted by Crippen LogP contribution is -2.12. The maximum absolute atomic E-state index is 12.0. The van der Waals surface area contributed by atoms with Gasteiger partial charge in [0.05, 0.1) is 11.4 Å². The summed E-state index contributed by atoms with van der Waals surface area (Å²) in [4.78, 5) is 12.5. The number of hydrogen-bond donors (Lipinski definition) is 2. The Hall–Kier alpha value is -1.04. The fraction of sp³-hybridized carbons (Fsp3) is 0.0833. The molecule has 0 atom stereocenters. The molecular weight excluding hydrogens is 336 g/mol. The van der Waals surface area contributed by atoms with E-state index in [4.69, 9.17) is 17.3 Å². The third-order valence-electron chi connectivity index (χ3n) is 2.40. The number of aryl methyl sites for hydroxylation is 1. The van der Waals surface area contributed by atoms with Gasteiger partial charge in [-0.25, -0.2) is 0 Å². The fourth-order valence-corrected chi connectivity index (χ4v) is 2.86. The van der Waals surface area contributed by atoms with Gasteiger partial charge in [-0.15, -0.1) is 11.3 Å². The number of carbonyl (C=O) groups is 1. The van der Waals surface area contributed by atoms with Gasteiger partial charge in [-0.3, -0.25) is 4.79 Å². The Balaban J connectivity index is 2.28. The van der Waals surface area contributed by atoms with Crippen molar-refractivity contribution in [1.82, 2.24) is 0 Å². The Morgan fingerprint density at radius 1 is 1.50 bits per heavy atom. The highest BCUT2D eigenvalue weighted by atomic mass is 79.9. The minimum Gasteiger partial charge on any atom is -0.397 e. The van der Waals surface area contributed by atoms with Crippen LogP contribution in [0.2, 0.25) is 5.02 Å². The summed E-state index contributed by atoms with van der Waals surface area (Å²) in [5, 5.41) is 5.17. The first-order chi connectivity index (χ1) is 8.49. The first kappa shape index (κ1) is 13.4. The molecule has 3 N–H and O–H groups in total. The van der Waals surface area contributed by atoms with Crippen LogP contribution in [-0.4, -0.2) is 5.91 Å². The van der Waals surface area contributed by atoms with E-state index in [2.05, 4.69) is 21.2 Å². The van der Waals surface area contributed by atoms with Gasteiger partial charge in [-0.1, -0.05) is 11.6 Å². The number of carbonyl (C=O) groups excluding carboxylic acids is 1. The van der Waals surface area contributed by atoms with Gasteiger partial charge in [0.2, 0.25) is 0 Å². The Labute approximate surface area is 122 Å². The Kier molecular flexibility index (Phi) is 3.94. The number of amides is 1. The molecule has 0 aliphatic carbocycles. The molecule has 0 aliphatic rings. The number of nitrogens with one attached hydrogen (secondary N) is 1. The normalized spacial score (nSPS) is 10.4.